The number of furan rings is 1. The molecule has 0 aliphatic rings. The van der Waals surface area contributed by atoms with E-state index in [-0.39, 0.29) is 6.61 Å². The van der Waals surface area contributed by atoms with Gasteiger partial charge in [-0.15, -0.1) is 0 Å². The fourth-order valence-corrected chi connectivity index (χ4v) is 1.55. The Morgan fingerprint density at radius 1 is 1.06 bits per heavy atom. The van der Waals surface area contributed by atoms with Crippen molar-refractivity contribution < 1.29 is 14.3 Å². The van der Waals surface area contributed by atoms with Gasteiger partial charge in [0, 0.05) is 6.42 Å². The van der Waals surface area contributed by atoms with E-state index in [1.165, 1.54) is 0 Å². The number of methoxy groups -OCH3 is 1. The van der Waals surface area contributed by atoms with Gasteiger partial charge in [0.15, 0.2) is 0 Å². The first-order chi connectivity index (χ1) is 7.81. The second-order valence-corrected chi connectivity index (χ2v) is 3.55. The maximum atomic E-state index is 8.88. The van der Waals surface area contributed by atoms with E-state index < -0.39 is 0 Å². The topological polar surface area (TPSA) is 42.6 Å². The van der Waals surface area contributed by atoms with Crippen molar-refractivity contribution in [2.24, 2.45) is 0 Å². The zero-order chi connectivity index (χ0) is 11.4. The van der Waals surface area contributed by atoms with Crippen molar-refractivity contribution in [2.45, 2.75) is 13.0 Å². The molecule has 0 atom stereocenters. The second-order valence-electron chi connectivity index (χ2n) is 3.55. The Morgan fingerprint density at radius 3 is 2.31 bits per heavy atom. The molecule has 1 aromatic carbocycles. The number of aliphatic hydroxyl groups is 1. The Bertz CT molecular complexity index is 442. The van der Waals surface area contributed by atoms with Crippen LogP contribution < -0.4 is 4.74 Å². The summed E-state index contributed by atoms with van der Waals surface area (Å²) in [6, 6.07) is 11.5. The van der Waals surface area contributed by atoms with E-state index in [9.17, 15) is 0 Å². The standard InChI is InChI=1S/C13H14O3/c1-15-11-4-2-10(3-5-11)8-12-6-7-13(9-14)16-12/h2-7,14H,8-9H2,1H3. The molecule has 3 nitrogen and oxygen atoms in total. The molecule has 0 saturated carbocycles. The van der Waals surface area contributed by atoms with Crippen LogP contribution in [0.5, 0.6) is 5.75 Å². The Morgan fingerprint density at radius 2 is 1.75 bits per heavy atom. The van der Waals surface area contributed by atoms with Crippen LogP contribution in [0.2, 0.25) is 0 Å². The molecule has 3 heteroatoms. The molecular formula is C13H14O3. The summed E-state index contributed by atoms with van der Waals surface area (Å²) in [5.41, 5.74) is 1.15. The van der Waals surface area contributed by atoms with E-state index in [0.29, 0.717) is 5.76 Å². The highest BCUT2D eigenvalue weighted by atomic mass is 16.5. The molecule has 0 spiro atoms. The SMILES string of the molecule is COc1ccc(Cc2ccc(CO)o2)cc1. The molecular weight excluding hydrogens is 204 g/mol. The minimum absolute atomic E-state index is 0.0530. The Balaban J connectivity index is 2.08. The van der Waals surface area contributed by atoms with Crippen LogP contribution in [0, 0.1) is 0 Å². The Labute approximate surface area is 94.3 Å². The third-order valence-corrected chi connectivity index (χ3v) is 2.41. The minimum Gasteiger partial charge on any atom is -0.497 e. The molecule has 0 saturated heterocycles. The quantitative estimate of drug-likeness (QED) is 0.856. The fourth-order valence-electron chi connectivity index (χ4n) is 1.55. The van der Waals surface area contributed by atoms with Crippen molar-refractivity contribution in [3.8, 4) is 5.75 Å². The van der Waals surface area contributed by atoms with Crippen LogP contribution in [0.3, 0.4) is 0 Å². The summed E-state index contributed by atoms with van der Waals surface area (Å²) in [6.45, 7) is -0.0530. The van der Waals surface area contributed by atoms with E-state index in [1.807, 2.05) is 30.3 Å². The van der Waals surface area contributed by atoms with E-state index >= 15 is 0 Å². The van der Waals surface area contributed by atoms with Crippen LogP contribution in [0.1, 0.15) is 17.1 Å². The van der Waals surface area contributed by atoms with Gasteiger partial charge in [0.25, 0.3) is 0 Å². The van der Waals surface area contributed by atoms with Crippen LogP contribution >= 0.6 is 0 Å². The number of ether oxygens (including phenoxy) is 1. The monoisotopic (exact) mass is 218 g/mol. The van der Waals surface area contributed by atoms with Gasteiger partial charge in [0.1, 0.15) is 23.9 Å². The second kappa shape index (κ2) is 4.86. The number of rotatable bonds is 4. The van der Waals surface area contributed by atoms with Crippen molar-refractivity contribution in [3.63, 3.8) is 0 Å². The number of benzene rings is 1. The molecule has 1 aromatic heterocycles. The smallest absolute Gasteiger partial charge is 0.129 e. The predicted molar refractivity (Wildman–Crippen MR) is 60.4 cm³/mol. The summed E-state index contributed by atoms with van der Waals surface area (Å²) >= 11 is 0. The largest absolute Gasteiger partial charge is 0.497 e. The summed E-state index contributed by atoms with van der Waals surface area (Å²) in [6.07, 6.45) is 0.726. The minimum atomic E-state index is -0.0530. The van der Waals surface area contributed by atoms with Crippen molar-refractivity contribution >= 4 is 0 Å². The molecule has 0 fully saturated rings. The third-order valence-electron chi connectivity index (χ3n) is 2.41. The molecule has 84 valence electrons. The highest BCUT2D eigenvalue weighted by Gasteiger charge is 2.02. The van der Waals surface area contributed by atoms with Gasteiger partial charge in [-0.25, -0.2) is 0 Å². The first-order valence-electron chi connectivity index (χ1n) is 5.13. The highest BCUT2D eigenvalue weighted by Crippen LogP contribution is 2.16. The lowest BCUT2D eigenvalue weighted by Crippen LogP contribution is -1.87. The van der Waals surface area contributed by atoms with Crippen molar-refractivity contribution in [1.82, 2.24) is 0 Å². The number of aliphatic hydroxyl groups excluding tert-OH is 1. The number of hydrogen-bond donors (Lipinski definition) is 1. The van der Waals surface area contributed by atoms with Gasteiger partial charge in [-0.3, -0.25) is 0 Å². The molecule has 2 rings (SSSR count). The van der Waals surface area contributed by atoms with Crippen LogP contribution in [0.4, 0.5) is 0 Å². The zero-order valence-electron chi connectivity index (χ0n) is 9.14. The normalized spacial score (nSPS) is 10.4. The molecule has 0 radical (unpaired) electrons. The van der Waals surface area contributed by atoms with Crippen molar-refractivity contribution in [1.29, 1.82) is 0 Å². The summed E-state index contributed by atoms with van der Waals surface area (Å²) in [7, 11) is 1.65. The first-order valence-corrected chi connectivity index (χ1v) is 5.13. The molecule has 0 bridgehead atoms. The Hall–Kier alpha value is -1.74. The van der Waals surface area contributed by atoms with Crippen LogP contribution in [-0.2, 0) is 13.0 Å². The summed E-state index contributed by atoms with van der Waals surface area (Å²) in [5, 5.41) is 8.88. The van der Waals surface area contributed by atoms with Crippen LogP contribution in [0.15, 0.2) is 40.8 Å². The van der Waals surface area contributed by atoms with Gasteiger partial charge in [0.05, 0.1) is 7.11 Å². The van der Waals surface area contributed by atoms with Crippen LogP contribution in [0.25, 0.3) is 0 Å². The van der Waals surface area contributed by atoms with E-state index in [0.717, 1.165) is 23.5 Å². The molecule has 0 aliphatic carbocycles. The maximum absolute atomic E-state index is 8.88. The lowest BCUT2D eigenvalue weighted by atomic mass is 10.1. The van der Waals surface area contributed by atoms with Gasteiger partial charge in [-0.05, 0) is 29.8 Å². The average molecular weight is 218 g/mol. The molecule has 16 heavy (non-hydrogen) atoms. The molecule has 1 heterocycles. The zero-order valence-corrected chi connectivity index (χ0v) is 9.14. The molecule has 2 aromatic rings. The van der Waals surface area contributed by atoms with Gasteiger partial charge in [-0.1, -0.05) is 12.1 Å². The lowest BCUT2D eigenvalue weighted by molar-refractivity contribution is 0.244. The predicted octanol–water partition coefficient (Wildman–Crippen LogP) is 2.37. The highest BCUT2D eigenvalue weighted by molar-refractivity contribution is 5.29. The van der Waals surface area contributed by atoms with Crippen molar-refractivity contribution in [3.05, 3.63) is 53.5 Å². The molecule has 1 N–H and O–H groups in total. The fraction of sp³-hybridized carbons (Fsp3) is 0.231. The lowest BCUT2D eigenvalue weighted by Gasteiger charge is -2.01. The van der Waals surface area contributed by atoms with Gasteiger partial charge in [0.2, 0.25) is 0 Å². The summed E-state index contributed by atoms with van der Waals surface area (Å²) < 4.78 is 10.5. The van der Waals surface area contributed by atoms with Gasteiger partial charge >= 0.3 is 0 Å². The molecule has 0 unspecified atom stereocenters. The average Bonchev–Trinajstić information content (AvgIpc) is 2.78. The van der Waals surface area contributed by atoms with Crippen LogP contribution in [-0.4, -0.2) is 12.2 Å². The Kier molecular flexibility index (Phi) is 3.27. The summed E-state index contributed by atoms with van der Waals surface area (Å²) in [5.74, 6) is 2.30. The van der Waals surface area contributed by atoms with E-state index in [4.69, 9.17) is 14.3 Å². The van der Waals surface area contributed by atoms with Gasteiger partial charge < -0.3 is 14.3 Å². The molecule has 0 aliphatic heterocycles. The maximum Gasteiger partial charge on any atom is 0.129 e. The molecule has 0 amide bonds. The first kappa shape index (κ1) is 10.8. The summed E-state index contributed by atoms with van der Waals surface area (Å²) in [4.78, 5) is 0. The third kappa shape index (κ3) is 2.44. The van der Waals surface area contributed by atoms with E-state index in [1.54, 1.807) is 13.2 Å². The number of hydrogen-bond acceptors (Lipinski definition) is 3. The van der Waals surface area contributed by atoms with E-state index in [2.05, 4.69) is 0 Å². The van der Waals surface area contributed by atoms with Gasteiger partial charge in [-0.2, -0.15) is 0 Å². The van der Waals surface area contributed by atoms with Crippen molar-refractivity contribution in [2.75, 3.05) is 7.11 Å².